The molecule has 0 atom stereocenters. The number of carbonyl (C=O) groups is 1. The highest BCUT2D eigenvalue weighted by atomic mass is 16.5. The van der Waals surface area contributed by atoms with E-state index in [9.17, 15) is 9.59 Å². The van der Waals surface area contributed by atoms with Crippen LogP contribution in [-0.4, -0.2) is 42.1 Å². The van der Waals surface area contributed by atoms with Crippen LogP contribution in [0.1, 0.15) is 10.4 Å². The van der Waals surface area contributed by atoms with E-state index in [1.165, 1.54) is 7.11 Å². The molecule has 0 bridgehead atoms. The Morgan fingerprint density at radius 1 is 1.23 bits per heavy atom. The van der Waals surface area contributed by atoms with Gasteiger partial charge in [-0.1, -0.05) is 18.2 Å². The molecule has 1 aromatic carbocycles. The fourth-order valence-electron chi connectivity index (χ4n) is 2.86. The summed E-state index contributed by atoms with van der Waals surface area (Å²) in [6.07, 6.45) is 1.51. The Labute approximate surface area is 148 Å². The van der Waals surface area contributed by atoms with Gasteiger partial charge in [0.2, 0.25) is 5.88 Å². The summed E-state index contributed by atoms with van der Waals surface area (Å²) in [4.78, 5) is 30.5. The van der Waals surface area contributed by atoms with Crippen LogP contribution in [-0.2, 0) is 0 Å². The molecule has 0 unspecified atom stereocenters. The maximum Gasteiger partial charge on any atom is 0.349 e. The van der Waals surface area contributed by atoms with E-state index in [4.69, 9.17) is 13.9 Å². The minimum atomic E-state index is -0.680. The summed E-state index contributed by atoms with van der Waals surface area (Å²) in [5, 5.41) is 0.633. The summed E-state index contributed by atoms with van der Waals surface area (Å²) in [5.74, 6) is 0.595. The van der Waals surface area contributed by atoms with E-state index in [0.29, 0.717) is 35.7 Å². The second kappa shape index (κ2) is 6.51. The number of ether oxygens (including phenoxy) is 2. The van der Waals surface area contributed by atoms with Gasteiger partial charge in [-0.3, -0.25) is 4.79 Å². The first kappa shape index (κ1) is 16.1. The van der Waals surface area contributed by atoms with Crippen molar-refractivity contribution in [2.45, 2.75) is 6.10 Å². The van der Waals surface area contributed by atoms with Gasteiger partial charge >= 0.3 is 5.63 Å². The molecule has 0 radical (unpaired) electrons. The quantitative estimate of drug-likeness (QED) is 0.669. The topological polar surface area (TPSA) is 81.9 Å². The van der Waals surface area contributed by atoms with Gasteiger partial charge in [0, 0.05) is 17.6 Å². The SMILES string of the molecule is COc1cccc2cc(C(=O)N3CC(Oc4ccccn4)C3)c(=O)oc12. The van der Waals surface area contributed by atoms with Gasteiger partial charge in [0.15, 0.2) is 11.3 Å². The van der Waals surface area contributed by atoms with Crippen LogP contribution in [0, 0.1) is 0 Å². The van der Waals surface area contributed by atoms with Crippen LogP contribution in [0.2, 0.25) is 0 Å². The second-order valence-electron chi connectivity index (χ2n) is 5.94. The van der Waals surface area contributed by atoms with Crippen LogP contribution in [0.4, 0.5) is 0 Å². The summed E-state index contributed by atoms with van der Waals surface area (Å²) >= 11 is 0. The summed E-state index contributed by atoms with van der Waals surface area (Å²) < 4.78 is 16.2. The zero-order valence-corrected chi connectivity index (χ0v) is 14.0. The lowest BCUT2D eigenvalue weighted by Crippen LogP contribution is -2.56. The molecule has 1 amide bonds. The number of methoxy groups -OCH3 is 1. The highest BCUT2D eigenvalue weighted by molar-refractivity contribution is 5.97. The third kappa shape index (κ3) is 2.88. The number of carbonyl (C=O) groups excluding carboxylic acids is 1. The molecule has 0 aliphatic carbocycles. The summed E-state index contributed by atoms with van der Waals surface area (Å²) in [6.45, 7) is 0.788. The normalized spacial score (nSPS) is 14.1. The molecule has 3 heterocycles. The molecule has 0 spiro atoms. The Morgan fingerprint density at radius 3 is 2.81 bits per heavy atom. The van der Waals surface area contributed by atoms with Crippen molar-refractivity contribution in [1.29, 1.82) is 0 Å². The molecule has 132 valence electrons. The number of benzene rings is 1. The number of rotatable bonds is 4. The third-order valence-corrected chi connectivity index (χ3v) is 4.23. The lowest BCUT2D eigenvalue weighted by atomic mass is 10.1. The molecule has 3 aromatic rings. The van der Waals surface area contributed by atoms with Crippen molar-refractivity contribution >= 4 is 16.9 Å². The van der Waals surface area contributed by atoms with Crippen molar-refractivity contribution in [3.8, 4) is 11.6 Å². The van der Waals surface area contributed by atoms with Gasteiger partial charge < -0.3 is 18.8 Å². The van der Waals surface area contributed by atoms with Crippen LogP contribution in [0.3, 0.4) is 0 Å². The predicted octanol–water partition coefficient (Wildman–Crippen LogP) is 2.10. The van der Waals surface area contributed by atoms with Gasteiger partial charge in [0.25, 0.3) is 5.91 Å². The van der Waals surface area contributed by atoms with E-state index >= 15 is 0 Å². The van der Waals surface area contributed by atoms with Crippen LogP contribution in [0.15, 0.2) is 57.9 Å². The van der Waals surface area contributed by atoms with E-state index in [1.54, 1.807) is 47.5 Å². The van der Waals surface area contributed by atoms with Crippen molar-refractivity contribution in [3.05, 3.63) is 64.6 Å². The number of nitrogens with zero attached hydrogens (tertiary/aromatic N) is 2. The van der Waals surface area contributed by atoms with Crippen LogP contribution in [0.25, 0.3) is 11.0 Å². The third-order valence-electron chi connectivity index (χ3n) is 4.23. The van der Waals surface area contributed by atoms with Gasteiger partial charge in [-0.25, -0.2) is 9.78 Å². The molecule has 0 saturated carbocycles. The van der Waals surface area contributed by atoms with Gasteiger partial charge in [0.1, 0.15) is 11.7 Å². The van der Waals surface area contributed by atoms with E-state index in [0.717, 1.165) is 0 Å². The number of hydrogen-bond acceptors (Lipinski definition) is 6. The predicted molar refractivity (Wildman–Crippen MR) is 93.6 cm³/mol. The maximum absolute atomic E-state index is 12.6. The average molecular weight is 352 g/mol. The smallest absolute Gasteiger partial charge is 0.349 e. The second-order valence-corrected chi connectivity index (χ2v) is 5.94. The Bertz CT molecular complexity index is 1010. The van der Waals surface area contributed by atoms with Gasteiger partial charge in [-0.15, -0.1) is 0 Å². The first-order valence-electron chi connectivity index (χ1n) is 8.13. The molecule has 2 aromatic heterocycles. The molecule has 4 rings (SSSR count). The monoisotopic (exact) mass is 352 g/mol. The van der Waals surface area contributed by atoms with Crippen molar-refractivity contribution in [2.75, 3.05) is 20.2 Å². The highest BCUT2D eigenvalue weighted by Crippen LogP contribution is 2.25. The standard InChI is InChI=1S/C19H16N2O5/c1-24-15-6-4-5-12-9-14(19(23)26-17(12)15)18(22)21-10-13(11-21)25-16-7-2-3-8-20-16/h2-9,13H,10-11H2,1H3. The maximum atomic E-state index is 12.6. The fourth-order valence-corrected chi connectivity index (χ4v) is 2.86. The Morgan fingerprint density at radius 2 is 2.08 bits per heavy atom. The molecule has 1 aliphatic rings. The Hall–Kier alpha value is -3.35. The Kier molecular flexibility index (Phi) is 4.04. The molecular weight excluding hydrogens is 336 g/mol. The lowest BCUT2D eigenvalue weighted by Gasteiger charge is -2.38. The first-order chi connectivity index (χ1) is 12.7. The summed E-state index contributed by atoms with van der Waals surface area (Å²) in [6, 6.07) is 12.2. The zero-order chi connectivity index (χ0) is 18.1. The highest BCUT2D eigenvalue weighted by Gasteiger charge is 2.34. The van der Waals surface area contributed by atoms with Gasteiger partial charge in [-0.05, 0) is 18.2 Å². The van der Waals surface area contributed by atoms with E-state index in [1.807, 2.05) is 6.07 Å². The van der Waals surface area contributed by atoms with E-state index in [-0.39, 0.29) is 17.6 Å². The number of likely N-dealkylation sites (tertiary alicyclic amines) is 1. The summed E-state index contributed by atoms with van der Waals surface area (Å²) in [5.41, 5.74) is -0.348. The van der Waals surface area contributed by atoms with Gasteiger partial charge in [-0.2, -0.15) is 0 Å². The molecule has 1 aliphatic heterocycles. The first-order valence-corrected chi connectivity index (χ1v) is 8.13. The fraction of sp³-hybridized carbons (Fsp3) is 0.211. The number of fused-ring (bicyclic) bond motifs is 1. The molecule has 7 nitrogen and oxygen atoms in total. The number of pyridine rings is 1. The molecule has 1 fully saturated rings. The molecule has 0 N–H and O–H groups in total. The summed E-state index contributed by atoms with van der Waals surface area (Å²) in [7, 11) is 1.50. The van der Waals surface area contributed by atoms with Crippen molar-refractivity contribution in [1.82, 2.24) is 9.88 Å². The number of hydrogen-bond donors (Lipinski definition) is 0. The number of amides is 1. The van der Waals surface area contributed by atoms with Crippen LogP contribution < -0.4 is 15.1 Å². The van der Waals surface area contributed by atoms with Crippen molar-refractivity contribution in [3.63, 3.8) is 0 Å². The minimum Gasteiger partial charge on any atom is -0.493 e. The minimum absolute atomic E-state index is 0.00189. The molecule has 1 saturated heterocycles. The van der Waals surface area contributed by atoms with Crippen molar-refractivity contribution in [2.24, 2.45) is 0 Å². The number of aromatic nitrogens is 1. The number of para-hydroxylation sites is 1. The van der Waals surface area contributed by atoms with E-state index in [2.05, 4.69) is 4.98 Å². The average Bonchev–Trinajstić information content (AvgIpc) is 2.63. The van der Waals surface area contributed by atoms with E-state index < -0.39 is 5.63 Å². The largest absolute Gasteiger partial charge is 0.493 e. The Balaban J connectivity index is 1.51. The lowest BCUT2D eigenvalue weighted by molar-refractivity contribution is 0.0157. The van der Waals surface area contributed by atoms with Gasteiger partial charge in [0.05, 0.1) is 20.2 Å². The molecule has 26 heavy (non-hydrogen) atoms. The molecular formula is C19H16N2O5. The van der Waals surface area contributed by atoms with Crippen molar-refractivity contribution < 1.29 is 18.7 Å². The van der Waals surface area contributed by atoms with Crippen LogP contribution >= 0.6 is 0 Å². The zero-order valence-electron chi connectivity index (χ0n) is 14.0. The van der Waals surface area contributed by atoms with Crippen LogP contribution in [0.5, 0.6) is 11.6 Å². The molecule has 7 heteroatoms.